The number of nitrogens with zero attached hydrogens (tertiary/aromatic N) is 1. The second-order valence-electron chi connectivity index (χ2n) is 6.50. The zero-order chi connectivity index (χ0) is 14.1. The van der Waals surface area contributed by atoms with Crippen LogP contribution in [-0.2, 0) is 6.61 Å². The van der Waals surface area contributed by atoms with Gasteiger partial charge in [0.05, 0.1) is 6.61 Å². The molecule has 1 aromatic heterocycles. The zero-order valence-corrected chi connectivity index (χ0v) is 13.5. The Kier molecular flexibility index (Phi) is 4.28. The highest BCUT2D eigenvalue weighted by atomic mass is 28.4. The fraction of sp³-hybridized carbons (Fsp3) is 0.769. The lowest BCUT2D eigenvalue weighted by Gasteiger charge is -2.36. The van der Waals surface area contributed by atoms with Crippen LogP contribution in [0.4, 0.5) is 0 Å². The van der Waals surface area contributed by atoms with E-state index in [4.69, 9.17) is 8.95 Å². The largest absolute Gasteiger partial charge is 0.540 e. The molecule has 104 valence electrons. The smallest absolute Gasteiger partial charge is 0.250 e. The summed E-state index contributed by atoms with van der Waals surface area (Å²) in [6.07, 6.45) is 0. The predicted octanol–water partition coefficient (Wildman–Crippen LogP) is 3.67. The number of aliphatic hydroxyl groups is 1. The van der Waals surface area contributed by atoms with E-state index in [9.17, 15) is 5.11 Å². The first-order chi connectivity index (χ1) is 8.10. The Labute approximate surface area is 110 Å². The van der Waals surface area contributed by atoms with E-state index in [0.29, 0.717) is 11.4 Å². The van der Waals surface area contributed by atoms with E-state index >= 15 is 0 Å². The van der Waals surface area contributed by atoms with E-state index in [2.05, 4.69) is 39.0 Å². The molecule has 1 N–H and O–H groups in total. The summed E-state index contributed by atoms with van der Waals surface area (Å²) in [7, 11) is -1.95. The minimum Gasteiger partial charge on any atom is -0.540 e. The van der Waals surface area contributed by atoms with Gasteiger partial charge >= 0.3 is 0 Å². The van der Waals surface area contributed by atoms with Crippen LogP contribution >= 0.6 is 0 Å². The van der Waals surface area contributed by atoms with E-state index in [1.807, 2.05) is 13.8 Å². The van der Waals surface area contributed by atoms with Gasteiger partial charge in [0, 0.05) is 5.92 Å². The molecule has 0 saturated carbocycles. The van der Waals surface area contributed by atoms with Crippen LogP contribution in [0.5, 0.6) is 5.75 Å². The third kappa shape index (κ3) is 2.95. The Morgan fingerprint density at radius 3 is 2.28 bits per heavy atom. The highest BCUT2D eigenvalue weighted by molar-refractivity contribution is 6.74. The van der Waals surface area contributed by atoms with Crippen molar-refractivity contribution >= 4 is 8.32 Å². The van der Waals surface area contributed by atoms with Crippen LogP contribution in [0.1, 0.15) is 52.0 Å². The van der Waals surface area contributed by atoms with Crippen molar-refractivity contribution in [2.45, 2.75) is 65.3 Å². The molecule has 0 saturated heterocycles. The van der Waals surface area contributed by atoms with Crippen LogP contribution in [0.2, 0.25) is 18.1 Å². The molecule has 1 heterocycles. The molecule has 0 radical (unpaired) electrons. The molecule has 18 heavy (non-hydrogen) atoms. The molecule has 0 aliphatic carbocycles. The molecule has 1 rings (SSSR count). The van der Waals surface area contributed by atoms with Crippen LogP contribution in [0.15, 0.2) is 4.52 Å². The van der Waals surface area contributed by atoms with Crippen molar-refractivity contribution in [2.24, 2.45) is 0 Å². The SMILES string of the molecule is CC(C)c1onc(CO)c1O[Si](C)(C)C(C)(C)C. The van der Waals surface area contributed by atoms with Crippen molar-refractivity contribution in [3.63, 3.8) is 0 Å². The van der Waals surface area contributed by atoms with Crippen LogP contribution < -0.4 is 4.43 Å². The molecule has 0 unspecified atom stereocenters. The lowest BCUT2D eigenvalue weighted by Crippen LogP contribution is -2.44. The first-order valence-electron chi connectivity index (χ1n) is 6.38. The van der Waals surface area contributed by atoms with E-state index in [1.165, 1.54) is 0 Å². The standard InChI is InChI=1S/C13H25NO3Si/c1-9(2)11-12(10(8-15)14-16-11)17-18(6,7)13(3,4)5/h9,15H,8H2,1-7H3. The summed E-state index contributed by atoms with van der Waals surface area (Å²) in [4.78, 5) is 0. The lowest BCUT2D eigenvalue weighted by molar-refractivity contribution is 0.263. The zero-order valence-electron chi connectivity index (χ0n) is 12.5. The quantitative estimate of drug-likeness (QED) is 0.849. The number of hydrogen-bond donors (Lipinski definition) is 1. The molecule has 0 aliphatic heterocycles. The third-order valence-electron chi connectivity index (χ3n) is 3.58. The first-order valence-corrected chi connectivity index (χ1v) is 9.29. The Bertz CT molecular complexity index is 405. The van der Waals surface area contributed by atoms with Crippen LogP contribution in [-0.4, -0.2) is 18.6 Å². The van der Waals surface area contributed by atoms with Gasteiger partial charge in [-0.2, -0.15) is 0 Å². The van der Waals surface area contributed by atoms with Crippen molar-refractivity contribution in [2.75, 3.05) is 0 Å². The molecule has 0 fully saturated rings. The normalized spacial score (nSPS) is 13.2. The van der Waals surface area contributed by atoms with Crippen molar-refractivity contribution < 1.29 is 14.1 Å². The highest BCUT2D eigenvalue weighted by Crippen LogP contribution is 2.40. The van der Waals surface area contributed by atoms with Crippen LogP contribution in [0.3, 0.4) is 0 Å². The minimum absolute atomic E-state index is 0.102. The molecule has 0 amide bonds. The van der Waals surface area contributed by atoms with E-state index in [-0.39, 0.29) is 17.6 Å². The number of aromatic nitrogens is 1. The molecular weight excluding hydrogens is 246 g/mol. The fourth-order valence-corrected chi connectivity index (χ4v) is 2.35. The van der Waals surface area contributed by atoms with Crippen molar-refractivity contribution in [1.29, 1.82) is 0 Å². The van der Waals surface area contributed by atoms with Gasteiger partial charge in [-0.05, 0) is 18.1 Å². The van der Waals surface area contributed by atoms with Crippen LogP contribution in [0, 0.1) is 0 Å². The van der Waals surface area contributed by atoms with Gasteiger partial charge in [-0.1, -0.05) is 39.8 Å². The van der Waals surface area contributed by atoms with E-state index in [1.54, 1.807) is 0 Å². The minimum atomic E-state index is -1.95. The third-order valence-corrected chi connectivity index (χ3v) is 7.90. The van der Waals surface area contributed by atoms with E-state index in [0.717, 1.165) is 5.76 Å². The molecule has 0 atom stereocenters. The predicted molar refractivity (Wildman–Crippen MR) is 74.3 cm³/mol. The van der Waals surface area contributed by atoms with Crippen molar-refractivity contribution in [1.82, 2.24) is 5.16 Å². The Morgan fingerprint density at radius 2 is 1.89 bits per heavy atom. The van der Waals surface area contributed by atoms with Gasteiger partial charge in [-0.25, -0.2) is 0 Å². The molecule has 0 aromatic carbocycles. The lowest BCUT2D eigenvalue weighted by atomic mass is 10.1. The average Bonchev–Trinajstić information content (AvgIpc) is 2.58. The summed E-state index contributed by atoms with van der Waals surface area (Å²) in [5.41, 5.74) is 0.503. The second-order valence-corrected chi connectivity index (χ2v) is 11.2. The second kappa shape index (κ2) is 5.05. The average molecular weight is 271 g/mol. The van der Waals surface area contributed by atoms with Gasteiger partial charge in [-0.3, -0.25) is 0 Å². The summed E-state index contributed by atoms with van der Waals surface area (Å²) >= 11 is 0. The fourth-order valence-electron chi connectivity index (χ4n) is 1.32. The molecule has 4 nitrogen and oxygen atoms in total. The van der Waals surface area contributed by atoms with Crippen molar-refractivity contribution in [3.05, 3.63) is 11.5 Å². The molecular formula is C13H25NO3Si. The first kappa shape index (κ1) is 15.2. The highest BCUT2D eigenvalue weighted by Gasteiger charge is 2.40. The molecule has 0 spiro atoms. The van der Waals surface area contributed by atoms with Gasteiger partial charge in [0.1, 0.15) is 5.69 Å². The Hall–Kier alpha value is -0.813. The number of hydrogen-bond acceptors (Lipinski definition) is 4. The topological polar surface area (TPSA) is 55.5 Å². The maximum atomic E-state index is 9.33. The van der Waals surface area contributed by atoms with Gasteiger partial charge < -0.3 is 14.1 Å². The summed E-state index contributed by atoms with van der Waals surface area (Å²) in [5.74, 6) is 1.57. The van der Waals surface area contributed by atoms with Crippen LogP contribution in [0.25, 0.3) is 0 Å². The van der Waals surface area contributed by atoms with Gasteiger partial charge in [-0.15, -0.1) is 0 Å². The van der Waals surface area contributed by atoms with Crippen molar-refractivity contribution in [3.8, 4) is 5.75 Å². The van der Waals surface area contributed by atoms with Gasteiger partial charge in [0.2, 0.25) is 0 Å². The Morgan fingerprint density at radius 1 is 1.33 bits per heavy atom. The molecule has 5 heteroatoms. The summed E-state index contributed by atoms with van der Waals surface area (Å²) in [6, 6.07) is 0. The molecule has 0 bridgehead atoms. The molecule has 0 aliphatic rings. The molecule has 1 aromatic rings. The maximum Gasteiger partial charge on any atom is 0.250 e. The van der Waals surface area contributed by atoms with Gasteiger partial charge in [0.15, 0.2) is 11.5 Å². The maximum absolute atomic E-state index is 9.33. The summed E-state index contributed by atoms with van der Waals surface area (Å²) < 4.78 is 11.5. The number of aliphatic hydroxyl groups excluding tert-OH is 1. The monoisotopic (exact) mass is 271 g/mol. The summed E-state index contributed by atoms with van der Waals surface area (Å²) in [5, 5.41) is 13.3. The summed E-state index contributed by atoms with van der Waals surface area (Å²) in [6.45, 7) is 14.8. The Balaban J connectivity index is 3.13. The number of rotatable bonds is 4. The van der Waals surface area contributed by atoms with E-state index < -0.39 is 8.32 Å². The van der Waals surface area contributed by atoms with Gasteiger partial charge in [0.25, 0.3) is 8.32 Å².